The summed E-state index contributed by atoms with van der Waals surface area (Å²) < 4.78 is 80.5. The van der Waals surface area contributed by atoms with Gasteiger partial charge in [-0.05, 0) is 215 Å². The van der Waals surface area contributed by atoms with Crippen molar-refractivity contribution < 1.29 is 22.0 Å². The zero-order valence-corrected chi connectivity index (χ0v) is 77.9. The van der Waals surface area contributed by atoms with Crippen LogP contribution in [-0.2, 0) is 21.7 Å². The van der Waals surface area contributed by atoms with E-state index in [0.29, 0.717) is 34.0 Å². The van der Waals surface area contributed by atoms with E-state index in [1.807, 2.05) is 172 Å². The molecule has 4 aliphatic rings. The first-order chi connectivity index (χ1) is 68.6. The molecule has 0 spiro atoms. The summed E-state index contributed by atoms with van der Waals surface area (Å²) >= 11 is 0. The predicted molar refractivity (Wildman–Crippen MR) is 553 cm³/mol. The van der Waals surface area contributed by atoms with Crippen molar-refractivity contribution in [2.45, 2.75) is 77.0 Å². The lowest BCUT2D eigenvalue weighted by Crippen LogP contribution is -2.17. The maximum atomic E-state index is 15.1. The van der Waals surface area contributed by atoms with Gasteiger partial charge in [0, 0.05) is 115 Å². The van der Waals surface area contributed by atoms with E-state index in [2.05, 4.69) is 246 Å². The molecule has 19 heteroatoms. The summed E-state index contributed by atoms with van der Waals surface area (Å²) in [6.45, 7) is 17.9. The summed E-state index contributed by atoms with van der Waals surface area (Å²) in [4.78, 5) is 47.5. The fourth-order valence-corrected chi connectivity index (χ4v) is 22.9. The summed E-state index contributed by atoms with van der Waals surface area (Å²) in [5.41, 5.74) is 35.3. The summed E-state index contributed by atoms with van der Waals surface area (Å²) in [6, 6.07) is 110. The molecule has 28 rings (SSSR count). The molecule has 14 nitrogen and oxygen atoms in total. The standard InChI is InChI=1S/C35H25N5.C31H23N3.C30H22N4.C26H15F5N2/c1-35(2)27-17-10-9-16-24(27)25-19-20-26-30-28(18-11-21-36-30)40(31(26)29(25)35)34-38-32(22-12-5-3-6-13-22)37-33(39-34)23-14-7-4-8-15-23;1-31(2)26-9-4-3-8-23(26)24-15-16-25-29-27(10-6-18-33-29)34(30(25)28(24)31)22-13-11-20(12-14-22)21-7-5-17-32-19-21;1-30(2)23-8-4-3-7-20(23)21-12-13-22-28-25(10-6-16-32-28)34(29(22)27(21)30)26-11-5-9-24(33-26)19-14-17-31-18-15-19;1-26(2)15-7-4-3-6-12(15)13-9-10-14-23-16(8-5-11-32-23)33(24(14)17(13)26)25-21(30)19(28)18(27)20(29)22(25)31/h3-21H,1-2H3;3-19H,1-2H3;3-18H,1-2H3;3-11H,1-2H3. The zero-order chi connectivity index (χ0) is 95.8. The van der Waals surface area contributed by atoms with Gasteiger partial charge in [-0.3, -0.25) is 39.0 Å². The minimum atomic E-state index is -2.19. The fourth-order valence-electron chi connectivity index (χ4n) is 22.9. The van der Waals surface area contributed by atoms with E-state index in [4.69, 9.17) is 34.9 Å². The second kappa shape index (κ2) is 32.4. The molecule has 12 aromatic heterocycles. The fraction of sp³-hybridized carbons (Fsp3) is 0.0984. The molecule has 0 atom stereocenters. The molecule has 24 aromatic rings. The molecule has 0 radical (unpaired) electrons. The average molecular weight is 1840 g/mol. The predicted octanol–water partition coefficient (Wildman–Crippen LogP) is 29.7. The van der Waals surface area contributed by atoms with Crippen molar-refractivity contribution in [3.8, 4) is 113 Å². The largest absolute Gasteiger partial charge is 0.307 e. The number of halogens is 5. The van der Waals surface area contributed by atoms with Gasteiger partial charge in [-0.15, -0.1) is 0 Å². The lowest BCUT2D eigenvalue weighted by Gasteiger charge is -2.24. The minimum absolute atomic E-state index is 0.104. The van der Waals surface area contributed by atoms with Crippen LogP contribution in [0.1, 0.15) is 99.9 Å². The lowest BCUT2D eigenvalue weighted by molar-refractivity contribution is 0.376. The highest BCUT2D eigenvalue weighted by molar-refractivity contribution is 6.16. The first-order valence-corrected chi connectivity index (χ1v) is 47.0. The van der Waals surface area contributed by atoms with Crippen LogP contribution in [0.15, 0.2) is 371 Å². The second-order valence-electron chi connectivity index (χ2n) is 38.4. The molecular weight excluding hydrogens is 1760 g/mol. The third-order valence-electron chi connectivity index (χ3n) is 29.2. The Morgan fingerprint density at radius 2 is 0.589 bits per heavy atom. The van der Waals surface area contributed by atoms with Crippen LogP contribution in [0.2, 0.25) is 0 Å². The molecular formula is C122H85F5N14. The minimum Gasteiger partial charge on any atom is -0.307 e. The Morgan fingerprint density at radius 1 is 0.234 bits per heavy atom. The van der Waals surface area contributed by atoms with Gasteiger partial charge in [-0.25, -0.2) is 31.9 Å². The van der Waals surface area contributed by atoms with Crippen LogP contribution in [0.25, 0.3) is 201 Å². The van der Waals surface area contributed by atoms with Crippen molar-refractivity contribution in [3.05, 3.63) is 445 Å². The second-order valence-corrected chi connectivity index (χ2v) is 38.4. The van der Waals surface area contributed by atoms with E-state index in [1.54, 1.807) is 30.6 Å². The van der Waals surface area contributed by atoms with Gasteiger partial charge in [-0.2, -0.15) is 9.97 Å². The van der Waals surface area contributed by atoms with E-state index in [1.165, 1.54) is 89.4 Å². The van der Waals surface area contributed by atoms with Gasteiger partial charge in [0.1, 0.15) is 11.5 Å². The summed E-state index contributed by atoms with van der Waals surface area (Å²) in [6.07, 6.45) is 14.5. The van der Waals surface area contributed by atoms with Gasteiger partial charge in [-0.1, -0.05) is 262 Å². The molecule has 678 valence electrons. The smallest absolute Gasteiger partial charge is 0.238 e. The third-order valence-corrected chi connectivity index (χ3v) is 29.2. The molecule has 4 aliphatic carbocycles. The van der Waals surface area contributed by atoms with E-state index >= 15 is 8.78 Å². The van der Waals surface area contributed by atoms with Gasteiger partial charge >= 0.3 is 0 Å². The van der Waals surface area contributed by atoms with E-state index in [0.717, 1.165) is 121 Å². The molecule has 0 saturated heterocycles. The summed E-state index contributed by atoms with van der Waals surface area (Å²) in [5.74, 6) is -7.19. The van der Waals surface area contributed by atoms with Crippen LogP contribution in [0.3, 0.4) is 0 Å². The van der Waals surface area contributed by atoms with Crippen LogP contribution in [0.4, 0.5) is 22.0 Å². The molecule has 12 heterocycles. The summed E-state index contributed by atoms with van der Waals surface area (Å²) in [7, 11) is 0. The average Bonchev–Trinajstić information content (AvgIpc) is 1.54. The van der Waals surface area contributed by atoms with Crippen molar-refractivity contribution in [2.24, 2.45) is 0 Å². The monoisotopic (exact) mass is 1840 g/mol. The van der Waals surface area contributed by atoms with Crippen molar-refractivity contribution in [3.63, 3.8) is 0 Å². The lowest BCUT2D eigenvalue weighted by atomic mass is 9.81. The number of fused-ring (bicyclic) bond motifs is 28. The Morgan fingerprint density at radius 3 is 1.01 bits per heavy atom. The van der Waals surface area contributed by atoms with Crippen LogP contribution in [0, 0.1) is 29.1 Å². The Balaban J connectivity index is 0.0000000993. The highest BCUT2D eigenvalue weighted by atomic mass is 19.2. The molecule has 0 N–H and O–H groups in total. The Bertz CT molecular complexity index is 9220. The van der Waals surface area contributed by atoms with Crippen LogP contribution < -0.4 is 0 Å². The molecule has 0 saturated carbocycles. The van der Waals surface area contributed by atoms with E-state index in [9.17, 15) is 13.2 Å². The van der Waals surface area contributed by atoms with Crippen LogP contribution in [0.5, 0.6) is 0 Å². The zero-order valence-electron chi connectivity index (χ0n) is 77.9. The van der Waals surface area contributed by atoms with Gasteiger partial charge < -0.3 is 9.13 Å². The van der Waals surface area contributed by atoms with Gasteiger partial charge in [0.25, 0.3) is 0 Å². The Labute approximate surface area is 807 Å². The molecule has 0 amide bonds. The summed E-state index contributed by atoms with van der Waals surface area (Å²) in [5, 5.41) is 4.02. The maximum Gasteiger partial charge on any atom is 0.238 e. The first kappa shape index (κ1) is 85.2. The number of rotatable bonds is 8. The number of pyridine rings is 7. The number of benzene rings is 12. The molecule has 0 fully saturated rings. The molecule has 0 unspecified atom stereocenters. The number of hydrogen-bond acceptors (Lipinski definition) is 10. The first-order valence-electron chi connectivity index (χ1n) is 47.0. The van der Waals surface area contributed by atoms with E-state index < -0.39 is 40.2 Å². The van der Waals surface area contributed by atoms with E-state index in [-0.39, 0.29) is 21.8 Å². The Hall–Kier alpha value is -17.5. The van der Waals surface area contributed by atoms with Crippen LogP contribution >= 0.6 is 0 Å². The van der Waals surface area contributed by atoms with Crippen molar-refractivity contribution >= 4 is 87.7 Å². The maximum absolute atomic E-state index is 15.1. The quantitative estimate of drug-likeness (QED) is 0.0817. The topological polar surface area (TPSA) is 149 Å². The van der Waals surface area contributed by atoms with Gasteiger partial charge in [0.05, 0.1) is 71.9 Å². The number of hydrogen-bond donors (Lipinski definition) is 0. The number of nitrogens with zero attached hydrogens (tertiary/aromatic N) is 14. The van der Waals surface area contributed by atoms with Gasteiger partial charge in [0.2, 0.25) is 11.8 Å². The normalized spacial score (nSPS) is 13.8. The van der Waals surface area contributed by atoms with Gasteiger partial charge in [0.15, 0.2) is 34.9 Å². The van der Waals surface area contributed by atoms with Crippen LogP contribution in [-0.4, -0.2) is 68.1 Å². The van der Waals surface area contributed by atoms with Crippen molar-refractivity contribution in [1.82, 2.24) is 68.1 Å². The molecule has 0 bridgehead atoms. The number of aromatic nitrogens is 14. The molecule has 12 aromatic carbocycles. The molecule has 0 aliphatic heterocycles. The highest BCUT2D eigenvalue weighted by Gasteiger charge is 2.45. The third kappa shape index (κ3) is 13.0. The SMILES string of the molecule is CC1(C)c2ccccc2-c2ccc3c4ncccc4n(-c4c(F)c(F)c(F)c(F)c4F)c3c21.CC1(C)c2ccccc2-c2ccc3c4ncccc4n(-c4ccc(-c5cccnc5)cc4)c3c21.CC1(C)c2ccccc2-c2ccc3c4ncccc4n(-c4cccc(-c5ccncc5)n4)c3c21.CC1(C)c2ccccc2-c2ccc3c4ncccc4n(-c4nc(-c5ccccc5)nc(-c5ccccc5)n4)c3c21. The Kier molecular flexibility index (Phi) is 19.6. The highest BCUT2D eigenvalue weighted by Crippen LogP contribution is 2.59. The van der Waals surface area contributed by atoms with Crippen molar-refractivity contribution in [2.75, 3.05) is 0 Å². The molecule has 141 heavy (non-hydrogen) atoms. The van der Waals surface area contributed by atoms with Crippen molar-refractivity contribution in [1.29, 1.82) is 0 Å².